The molecule has 0 amide bonds. The van der Waals surface area contributed by atoms with Gasteiger partial charge in [0.1, 0.15) is 12.4 Å². The van der Waals surface area contributed by atoms with E-state index in [-0.39, 0.29) is 24.0 Å². The minimum Gasteiger partial charge on any atom is -0.494 e. The van der Waals surface area contributed by atoms with Gasteiger partial charge in [0.05, 0.1) is 12.2 Å². The Morgan fingerprint density at radius 3 is 2.59 bits per heavy atom. The number of nitrogens with one attached hydrogen (secondary N) is 1. The molecular weight excluding hydrogens is 434 g/mol. The van der Waals surface area contributed by atoms with Crippen LogP contribution in [-0.2, 0) is 5.72 Å². The van der Waals surface area contributed by atoms with E-state index in [1.165, 1.54) is 38.5 Å². The number of benzene rings is 2. The fraction of sp³-hybridized carbons (Fsp3) is 0.440. The number of carbonyl (C=O) groups excluding carboxylic acids is 1. The van der Waals surface area contributed by atoms with Crippen LogP contribution >= 0.6 is 0 Å². The second-order valence-electron chi connectivity index (χ2n) is 8.47. The molecule has 9 nitrogen and oxygen atoms in total. The van der Waals surface area contributed by atoms with E-state index in [0.717, 1.165) is 12.2 Å². The van der Waals surface area contributed by atoms with Gasteiger partial charge in [-0.05, 0) is 48.0 Å². The zero-order valence-electron chi connectivity index (χ0n) is 19.5. The van der Waals surface area contributed by atoms with Crippen molar-refractivity contribution >= 4 is 5.78 Å². The van der Waals surface area contributed by atoms with Gasteiger partial charge in [-0.25, -0.2) is 0 Å². The Morgan fingerprint density at radius 2 is 1.85 bits per heavy atom. The third-order valence-corrected chi connectivity index (χ3v) is 5.81. The normalized spacial score (nSPS) is 16.9. The van der Waals surface area contributed by atoms with Gasteiger partial charge >= 0.3 is 0 Å². The topological polar surface area (TPSA) is 125 Å². The molecule has 9 heteroatoms. The van der Waals surface area contributed by atoms with Crippen molar-refractivity contribution in [1.29, 1.82) is 0 Å². The second-order valence-corrected chi connectivity index (χ2v) is 8.47. The van der Waals surface area contributed by atoms with E-state index in [0.29, 0.717) is 23.5 Å². The molecule has 1 aliphatic rings. The largest absolute Gasteiger partial charge is 0.494 e. The average Bonchev–Trinajstić information content (AvgIpc) is 3.41. The van der Waals surface area contributed by atoms with Gasteiger partial charge in [-0.3, -0.25) is 10.5 Å². The summed E-state index contributed by atoms with van der Waals surface area (Å²) in [6.45, 7) is 2.89. The van der Waals surface area contributed by atoms with Crippen LogP contribution in [0.4, 0.5) is 0 Å². The first-order chi connectivity index (χ1) is 16.6. The molecule has 1 aromatic heterocycles. The molecular formula is C25H31N5O4. The maximum absolute atomic E-state index is 13.3. The maximum atomic E-state index is 13.3. The summed E-state index contributed by atoms with van der Waals surface area (Å²) >= 11 is 0. The summed E-state index contributed by atoms with van der Waals surface area (Å²) in [6.07, 6.45) is 8.65. The van der Waals surface area contributed by atoms with Crippen molar-refractivity contribution in [2.75, 3.05) is 13.2 Å². The number of aromatic amines is 1. The molecule has 1 unspecified atom stereocenters. The standard InChI is InChI=1S/C25H31N5O4/c1-2-3-4-5-6-7-8-16-32-19-14-12-18(13-15-19)22(31)20-10-9-11-21-23(20)34-25(26,17-33-21)24-27-29-30-28-24/h9-15H,2-8,16-17,26H2,1H3,(H,27,28,29,30). The van der Waals surface area contributed by atoms with Gasteiger partial charge in [0, 0.05) is 5.56 Å². The van der Waals surface area contributed by atoms with Crippen LogP contribution in [0.15, 0.2) is 42.5 Å². The molecule has 0 saturated heterocycles. The van der Waals surface area contributed by atoms with Crippen LogP contribution in [0.25, 0.3) is 0 Å². The highest BCUT2D eigenvalue weighted by molar-refractivity contribution is 6.11. The molecule has 3 aromatic rings. The number of carbonyl (C=O) groups is 1. The summed E-state index contributed by atoms with van der Waals surface area (Å²) in [6, 6.07) is 12.3. The molecule has 4 rings (SSSR count). The first-order valence-electron chi connectivity index (χ1n) is 11.9. The van der Waals surface area contributed by atoms with Gasteiger partial charge in [-0.15, -0.1) is 10.2 Å². The Labute approximate surface area is 199 Å². The number of para-hydroxylation sites is 1. The van der Waals surface area contributed by atoms with Crippen molar-refractivity contribution in [2.24, 2.45) is 5.73 Å². The van der Waals surface area contributed by atoms with E-state index >= 15 is 0 Å². The Morgan fingerprint density at radius 1 is 1.09 bits per heavy atom. The zero-order valence-corrected chi connectivity index (χ0v) is 19.5. The monoisotopic (exact) mass is 465 g/mol. The number of rotatable bonds is 12. The van der Waals surface area contributed by atoms with Crippen LogP contribution in [0, 0.1) is 0 Å². The predicted octanol–water partition coefficient (Wildman–Crippen LogP) is 4.14. The Kier molecular flexibility index (Phi) is 7.74. The SMILES string of the molecule is CCCCCCCCCOc1ccc(C(=O)c2cccc3c2OC(N)(c2nn[nH]n2)CO3)cc1. The van der Waals surface area contributed by atoms with Crippen molar-refractivity contribution in [3.8, 4) is 17.2 Å². The van der Waals surface area contributed by atoms with Crippen LogP contribution in [0.5, 0.6) is 17.2 Å². The minimum atomic E-state index is -1.45. The number of nitrogens with zero attached hydrogens (tertiary/aromatic N) is 3. The highest BCUT2D eigenvalue weighted by atomic mass is 16.6. The first kappa shape index (κ1) is 23.7. The summed E-state index contributed by atoms with van der Waals surface area (Å²) in [4.78, 5) is 13.3. The number of H-pyrrole nitrogens is 1. The van der Waals surface area contributed by atoms with E-state index in [2.05, 4.69) is 27.5 Å². The molecule has 1 atom stereocenters. The van der Waals surface area contributed by atoms with Gasteiger partial charge < -0.3 is 14.2 Å². The molecule has 1 aliphatic heterocycles. The Balaban J connectivity index is 1.37. The van der Waals surface area contributed by atoms with Crippen molar-refractivity contribution in [2.45, 2.75) is 57.6 Å². The molecule has 0 fully saturated rings. The number of unbranched alkanes of at least 4 members (excludes halogenated alkanes) is 6. The quantitative estimate of drug-likeness (QED) is 0.302. The third kappa shape index (κ3) is 5.53. The predicted molar refractivity (Wildman–Crippen MR) is 126 cm³/mol. The number of hydrogen-bond donors (Lipinski definition) is 2. The van der Waals surface area contributed by atoms with Crippen molar-refractivity contribution in [1.82, 2.24) is 20.6 Å². The van der Waals surface area contributed by atoms with Crippen LogP contribution in [0.3, 0.4) is 0 Å². The van der Waals surface area contributed by atoms with Crippen LogP contribution in [-0.4, -0.2) is 39.6 Å². The summed E-state index contributed by atoms with van der Waals surface area (Å²) in [5.74, 6) is 1.37. The number of aromatic nitrogens is 4. The molecule has 2 heterocycles. The number of ketones is 1. The summed E-state index contributed by atoms with van der Waals surface area (Å²) in [5, 5.41) is 13.7. The lowest BCUT2D eigenvalue weighted by atomic mass is 10.0. The van der Waals surface area contributed by atoms with Gasteiger partial charge in [0.2, 0.25) is 5.82 Å². The van der Waals surface area contributed by atoms with Crippen LogP contribution in [0.1, 0.15) is 73.6 Å². The Hall–Kier alpha value is -3.46. The fourth-order valence-corrected chi connectivity index (χ4v) is 3.87. The van der Waals surface area contributed by atoms with E-state index in [1.54, 1.807) is 30.3 Å². The van der Waals surface area contributed by atoms with E-state index in [1.807, 2.05) is 12.1 Å². The summed E-state index contributed by atoms with van der Waals surface area (Å²) < 4.78 is 17.6. The number of tetrazole rings is 1. The maximum Gasteiger partial charge on any atom is 0.257 e. The lowest BCUT2D eigenvalue weighted by molar-refractivity contribution is -0.0154. The second kappa shape index (κ2) is 11.1. The molecule has 0 radical (unpaired) electrons. The third-order valence-electron chi connectivity index (χ3n) is 5.81. The molecule has 0 bridgehead atoms. The fourth-order valence-electron chi connectivity index (χ4n) is 3.87. The Bertz CT molecular complexity index is 1070. The van der Waals surface area contributed by atoms with Gasteiger partial charge in [0.25, 0.3) is 5.72 Å². The minimum absolute atomic E-state index is 0.0120. The molecule has 0 saturated carbocycles. The zero-order chi connectivity index (χ0) is 23.8. The van der Waals surface area contributed by atoms with Gasteiger partial charge in [0.15, 0.2) is 17.3 Å². The van der Waals surface area contributed by atoms with Crippen molar-refractivity contribution in [3.05, 3.63) is 59.4 Å². The number of hydrogen-bond acceptors (Lipinski definition) is 8. The van der Waals surface area contributed by atoms with Crippen LogP contribution < -0.4 is 19.9 Å². The van der Waals surface area contributed by atoms with Gasteiger partial charge in [-0.1, -0.05) is 51.5 Å². The number of ether oxygens (including phenoxy) is 3. The summed E-state index contributed by atoms with van der Waals surface area (Å²) in [7, 11) is 0. The lowest BCUT2D eigenvalue weighted by Gasteiger charge is -2.33. The van der Waals surface area contributed by atoms with E-state index in [4.69, 9.17) is 19.9 Å². The molecule has 0 aliphatic carbocycles. The highest BCUT2D eigenvalue weighted by Gasteiger charge is 2.41. The molecule has 34 heavy (non-hydrogen) atoms. The van der Waals surface area contributed by atoms with Crippen LogP contribution in [0.2, 0.25) is 0 Å². The molecule has 2 aromatic carbocycles. The molecule has 3 N–H and O–H groups in total. The molecule has 0 spiro atoms. The van der Waals surface area contributed by atoms with Crippen molar-refractivity contribution in [3.63, 3.8) is 0 Å². The summed E-state index contributed by atoms with van der Waals surface area (Å²) in [5.41, 5.74) is 5.70. The number of fused-ring (bicyclic) bond motifs is 1. The van der Waals surface area contributed by atoms with E-state index in [9.17, 15) is 4.79 Å². The van der Waals surface area contributed by atoms with E-state index < -0.39 is 5.72 Å². The average molecular weight is 466 g/mol. The highest BCUT2D eigenvalue weighted by Crippen LogP contribution is 2.40. The number of nitrogens with two attached hydrogens (primary N) is 1. The lowest BCUT2D eigenvalue weighted by Crippen LogP contribution is -2.51. The smallest absolute Gasteiger partial charge is 0.257 e. The molecule has 180 valence electrons. The van der Waals surface area contributed by atoms with Crippen molar-refractivity contribution < 1.29 is 19.0 Å². The van der Waals surface area contributed by atoms with Gasteiger partial charge in [-0.2, -0.15) is 5.21 Å². The first-order valence-corrected chi connectivity index (χ1v) is 11.9.